The van der Waals surface area contributed by atoms with E-state index in [-0.39, 0.29) is 11.5 Å². The third kappa shape index (κ3) is 2.36. The van der Waals surface area contributed by atoms with Crippen LogP contribution in [0.5, 0.6) is 0 Å². The first-order valence-electron chi connectivity index (χ1n) is 5.11. The van der Waals surface area contributed by atoms with Crippen molar-refractivity contribution in [2.45, 2.75) is 46.1 Å². The van der Waals surface area contributed by atoms with Crippen molar-refractivity contribution < 1.29 is 5.11 Å². The molecule has 14 heavy (non-hydrogen) atoms. The molecule has 1 unspecified atom stereocenters. The van der Waals surface area contributed by atoms with Crippen molar-refractivity contribution in [3.8, 4) is 0 Å². The summed E-state index contributed by atoms with van der Waals surface area (Å²) in [6.45, 7) is 10.5. The van der Waals surface area contributed by atoms with Crippen LogP contribution in [0, 0.1) is 6.92 Å². The first-order valence-corrected chi connectivity index (χ1v) is 5.11. The Morgan fingerprint density at radius 2 is 1.79 bits per heavy atom. The highest BCUT2D eigenvalue weighted by Gasteiger charge is 2.15. The first-order chi connectivity index (χ1) is 6.32. The van der Waals surface area contributed by atoms with Crippen LogP contribution in [0.1, 0.15) is 50.5 Å². The van der Waals surface area contributed by atoms with Gasteiger partial charge in [-0.3, -0.25) is 0 Å². The predicted molar refractivity (Wildman–Crippen MR) is 60.5 cm³/mol. The van der Waals surface area contributed by atoms with E-state index in [4.69, 9.17) is 0 Å². The van der Waals surface area contributed by atoms with Gasteiger partial charge >= 0.3 is 0 Å². The summed E-state index contributed by atoms with van der Waals surface area (Å²) in [7, 11) is 0. The summed E-state index contributed by atoms with van der Waals surface area (Å²) in [6.07, 6.45) is -0.371. The van der Waals surface area contributed by atoms with Crippen LogP contribution in [0.2, 0.25) is 0 Å². The van der Waals surface area contributed by atoms with Crippen molar-refractivity contribution in [2.24, 2.45) is 0 Å². The fourth-order valence-electron chi connectivity index (χ4n) is 1.61. The van der Waals surface area contributed by atoms with Gasteiger partial charge in [0.25, 0.3) is 0 Å². The Kier molecular flexibility index (Phi) is 3.01. The Hall–Kier alpha value is -0.820. The summed E-state index contributed by atoms with van der Waals surface area (Å²) in [4.78, 5) is 0. The minimum absolute atomic E-state index is 0.183. The lowest BCUT2D eigenvalue weighted by atomic mass is 9.85. The first kappa shape index (κ1) is 11.3. The van der Waals surface area contributed by atoms with Gasteiger partial charge in [0, 0.05) is 0 Å². The molecular weight excluding hydrogens is 172 g/mol. The number of hydrogen-bond acceptors (Lipinski definition) is 1. The molecule has 0 saturated carbocycles. The smallest absolute Gasteiger partial charge is 0.0764 e. The molecule has 0 amide bonds. The summed E-state index contributed by atoms with van der Waals surface area (Å²) in [6, 6.07) is 6.30. The highest BCUT2D eigenvalue weighted by molar-refractivity contribution is 5.35. The second-order valence-electron chi connectivity index (χ2n) is 5.00. The largest absolute Gasteiger partial charge is 0.389 e. The maximum atomic E-state index is 9.50. The van der Waals surface area contributed by atoms with E-state index in [0.717, 1.165) is 5.56 Å². The van der Waals surface area contributed by atoms with E-state index < -0.39 is 0 Å². The zero-order chi connectivity index (χ0) is 10.9. The highest BCUT2D eigenvalue weighted by Crippen LogP contribution is 2.26. The molecule has 1 aromatic rings. The van der Waals surface area contributed by atoms with Gasteiger partial charge in [0.05, 0.1) is 6.10 Å². The average molecular weight is 192 g/mol. The zero-order valence-electron chi connectivity index (χ0n) is 9.76. The van der Waals surface area contributed by atoms with Gasteiger partial charge < -0.3 is 5.11 Å². The molecule has 1 nitrogen and oxygen atoms in total. The number of aliphatic hydroxyl groups is 1. The summed E-state index contributed by atoms with van der Waals surface area (Å²) in [5.74, 6) is 0. The minimum Gasteiger partial charge on any atom is -0.389 e. The van der Waals surface area contributed by atoms with Crippen LogP contribution >= 0.6 is 0 Å². The molecule has 1 atom stereocenters. The van der Waals surface area contributed by atoms with Gasteiger partial charge in [-0.1, -0.05) is 39.0 Å². The van der Waals surface area contributed by atoms with Gasteiger partial charge in [0.15, 0.2) is 0 Å². The van der Waals surface area contributed by atoms with E-state index >= 15 is 0 Å². The van der Waals surface area contributed by atoms with Gasteiger partial charge in [0.2, 0.25) is 0 Å². The van der Waals surface area contributed by atoms with E-state index in [9.17, 15) is 5.11 Å². The Morgan fingerprint density at radius 3 is 2.14 bits per heavy atom. The lowest BCUT2D eigenvalue weighted by Crippen LogP contribution is -2.11. The number of hydrogen-bond donors (Lipinski definition) is 1. The topological polar surface area (TPSA) is 20.2 Å². The van der Waals surface area contributed by atoms with E-state index in [0.29, 0.717) is 0 Å². The summed E-state index contributed by atoms with van der Waals surface area (Å²) < 4.78 is 0. The monoisotopic (exact) mass is 192 g/mol. The van der Waals surface area contributed by atoms with Crippen LogP contribution < -0.4 is 0 Å². The van der Waals surface area contributed by atoms with Crippen LogP contribution in [0.15, 0.2) is 18.2 Å². The number of aryl methyl sites for hydroxylation is 1. The SMILES string of the molecule is Cc1cc(C(C)(C)C)ccc1C(C)O. The van der Waals surface area contributed by atoms with Gasteiger partial charge in [-0.05, 0) is 36.0 Å². The van der Waals surface area contributed by atoms with Crippen LogP contribution in [0.4, 0.5) is 0 Å². The summed E-state index contributed by atoms with van der Waals surface area (Å²) in [5.41, 5.74) is 3.70. The number of benzene rings is 1. The van der Waals surface area contributed by atoms with Crippen LogP contribution in [0.25, 0.3) is 0 Å². The molecule has 0 saturated heterocycles. The van der Waals surface area contributed by atoms with Crippen molar-refractivity contribution in [3.63, 3.8) is 0 Å². The van der Waals surface area contributed by atoms with Gasteiger partial charge in [-0.25, -0.2) is 0 Å². The molecule has 0 aromatic heterocycles. The van der Waals surface area contributed by atoms with Crippen molar-refractivity contribution in [1.29, 1.82) is 0 Å². The molecule has 1 N–H and O–H groups in total. The molecule has 0 aliphatic carbocycles. The molecule has 0 bridgehead atoms. The van der Waals surface area contributed by atoms with E-state index in [1.54, 1.807) is 6.92 Å². The molecule has 0 heterocycles. The molecule has 0 aliphatic heterocycles. The quantitative estimate of drug-likeness (QED) is 0.723. The van der Waals surface area contributed by atoms with Crippen LogP contribution in [-0.2, 0) is 5.41 Å². The van der Waals surface area contributed by atoms with E-state index in [1.165, 1.54) is 11.1 Å². The highest BCUT2D eigenvalue weighted by atomic mass is 16.3. The summed E-state index contributed by atoms with van der Waals surface area (Å²) in [5, 5.41) is 9.50. The zero-order valence-corrected chi connectivity index (χ0v) is 9.76. The lowest BCUT2D eigenvalue weighted by molar-refractivity contribution is 0.198. The fraction of sp³-hybridized carbons (Fsp3) is 0.538. The van der Waals surface area contributed by atoms with Crippen molar-refractivity contribution >= 4 is 0 Å². The van der Waals surface area contributed by atoms with Crippen molar-refractivity contribution in [3.05, 3.63) is 34.9 Å². The average Bonchev–Trinajstić information content (AvgIpc) is 2.01. The molecular formula is C13H20O. The Labute approximate surface area is 86.8 Å². The molecule has 0 radical (unpaired) electrons. The Balaban J connectivity index is 3.13. The normalized spacial score (nSPS) is 14.1. The fourth-order valence-corrected chi connectivity index (χ4v) is 1.61. The van der Waals surface area contributed by atoms with Crippen LogP contribution in [0.3, 0.4) is 0 Å². The van der Waals surface area contributed by atoms with E-state index in [2.05, 4.69) is 39.8 Å². The predicted octanol–water partition coefficient (Wildman–Crippen LogP) is 3.35. The van der Waals surface area contributed by atoms with Gasteiger partial charge in [-0.2, -0.15) is 0 Å². The Bertz CT molecular complexity index is 318. The molecule has 1 rings (SSSR count). The molecule has 0 aliphatic rings. The summed E-state index contributed by atoms with van der Waals surface area (Å²) >= 11 is 0. The van der Waals surface area contributed by atoms with Gasteiger partial charge in [0.1, 0.15) is 0 Å². The van der Waals surface area contributed by atoms with Crippen LogP contribution in [-0.4, -0.2) is 5.11 Å². The number of aliphatic hydroxyl groups excluding tert-OH is 1. The molecule has 1 heteroatoms. The van der Waals surface area contributed by atoms with Crippen molar-refractivity contribution in [1.82, 2.24) is 0 Å². The second-order valence-corrected chi connectivity index (χ2v) is 5.00. The maximum Gasteiger partial charge on any atom is 0.0764 e. The second kappa shape index (κ2) is 3.74. The lowest BCUT2D eigenvalue weighted by Gasteiger charge is -2.21. The van der Waals surface area contributed by atoms with Gasteiger partial charge in [-0.15, -0.1) is 0 Å². The number of rotatable bonds is 1. The molecule has 78 valence electrons. The molecule has 0 fully saturated rings. The van der Waals surface area contributed by atoms with E-state index in [1.807, 2.05) is 6.07 Å². The molecule has 1 aromatic carbocycles. The third-order valence-electron chi connectivity index (χ3n) is 2.59. The van der Waals surface area contributed by atoms with Crippen molar-refractivity contribution in [2.75, 3.05) is 0 Å². The third-order valence-corrected chi connectivity index (χ3v) is 2.59. The standard InChI is InChI=1S/C13H20O/c1-9-8-11(13(3,4)5)6-7-12(9)10(2)14/h6-8,10,14H,1-5H3. The maximum absolute atomic E-state index is 9.50. The minimum atomic E-state index is -0.371. The Morgan fingerprint density at radius 1 is 1.21 bits per heavy atom. The molecule has 0 spiro atoms.